The lowest BCUT2D eigenvalue weighted by molar-refractivity contribution is -0.123. The normalized spacial score (nSPS) is 14.8. The van der Waals surface area contributed by atoms with Crippen LogP contribution in [-0.2, 0) is 4.79 Å². The monoisotopic (exact) mass is 389 g/mol. The number of primary amides is 1. The minimum atomic E-state index is -2.88. The first-order chi connectivity index (χ1) is 13.4. The molecule has 2 amide bonds. The number of hydrogen-bond donors (Lipinski definition) is 2. The Hall–Kier alpha value is -3.16. The number of hydrogen-bond acceptors (Lipinski definition) is 4. The van der Waals surface area contributed by atoms with Gasteiger partial charge in [-0.25, -0.2) is 0 Å². The molecule has 28 heavy (non-hydrogen) atoms. The summed E-state index contributed by atoms with van der Waals surface area (Å²) in [6.45, 7) is -1.93. The second-order valence-electron chi connectivity index (χ2n) is 6.54. The van der Waals surface area contributed by atoms with Crippen molar-refractivity contribution in [1.82, 2.24) is 4.90 Å². The van der Waals surface area contributed by atoms with Crippen molar-refractivity contribution in [3.05, 3.63) is 54.1 Å². The molecule has 0 atom stereocenters. The van der Waals surface area contributed by atoms with E-state index in [1.165, 1.54) is 12.1 Å². The number of nitrogens with one attached hydrogen (secondary N) is 1. The molecule has 0 bridgehead atoms. The van der Waals surface area contributed by atoms with Gasteiger partial charge in [-0.05, 0) is 49.2 Å². The Morgan fingerprint density at radius 1 is 1.07 bits per heavy atom. The Morgan fingerprint density at radius 2 is 1.71 bits per heavy atom. The van der Waals surface area contributed by atoms with Gasteiger partial charge in [-0.2, -0.15) is 8.78 Å². The number of alkyl halides is 2. The smallest absolute Gasteiger partial charge is 0.387 e. The minimum absolute atomic E-state index is 0.0576. The minimum Gasteiger partial charge on any atom is -0.435 e. The van der Waals surface area contributed by atoms with Crippen LogP contribution in [0.3, 0.4) is 0 Å². The van der Waals surface area contributed by atoms with E-state index >= 15 is 0 Å². The quantitative estimate of drug-likeness (QED) is 0.793. The van der Waals surface area contributed by atoms with Crippen molar-refractivity contribution >= 4 is 23.2 Å². The lowest BCUT2D eigenvalue weighted by atomic mass is 9.95. The standard InChI is InChI=1S/C20H21F2N3O3/c21-20(22)28-15-7-5-14(6-8-15)24-17-4-2-1-3-16(17)19(27)25-11-9-13(10-12-25)18(23)26/h1-8,13,20,24H,9-12H2,(H2,23,26). The Balaban J connectivity index is 1.71. The molecule has 148 valence electrons. The molecule has 0 unspecified atom stereocenters. The zero-order valence-electron chi connectivity index (χ0n) is 15.1. The number of likely N-dealkylation sites (tertiary alicyclic amines) is 1. The molecule has 1 saturated heterocycles. The van der Waals surface area contributed by atoms with Crippen molar-refractivity contribution in [1.29, 1.82) is 0 Å². The predicted octanol–water partition coefficient (Wildman–Crippen LogP) is 3.37. The van der Waals surface area contributed by atoms with Crippen LogP contribution in [0.5, 0.6) is 5.75 Å². The molecule has 1 aliphatic rings. The number of amides is 2. The van der Waals surface area contributed by atoms with E-state index in [2.05, 4.69) is 10.1 Å². The molecule has 6 nitrogen and oxygen atoms in total. The molecule has 0 radical (unpaired) electrons. The lowest BCUT2D eigenvalue weighted by Gasteiger charge is -2.31. The molecule has 0 spiro atoms. The highest BCUT2D eigenvalue weighted by atomic mass is 19.3. The van der Waals surface area contributed by atoms with Gasteiger partial charge >= 0.3 is 6.61 Å². The van der Waals surface area contributed by atoms with E-state index in [0.29, 0.717) is 42.9 Å². The van der Waals surface area contributed by atoms with Crippen molar-refractivity contribution in [3.63, 3.8) is 0 Å². The highest BCUT2D eigenvalue weighted by Gasteiger charge is 2.27. The van der Waals surface area contributed by atoms with E-state index in [4.69, 9.17) is 5.73 Å². The van der Waals surface area contributed by atoms with E-state index in [1.54, 1.807) is 41.3 Å². The molecular weight excluding hydrogens is 368 g/mol. The summed E-state index contributed by atoms with van der Waals surface area (Å²) in [6.07, 6.45) is 1.12. The van der Waals surface area contributed by atoms with Crippen molar-refractivity contribution in [2.24, 2.45) is 11.7 Å². The maximum atomic E-state index is 12.9. The molecule has 1 aliphatic heterocycles. The van der Waals surface area contributed by atoms with Crippen LogP contribution in [0.4, 0.5) is 20.2 Å². The van der Waals surface area contributed by atoms with Gasteiger partial charge in [-0.15, -0.1) is 0 Å². The van der Waals surface area contributed by atoms with Crippen molar-refractivity contribution in [3.8, 4) is 5.75 Å². The summed E-state index contributed by atoms with van der Waals surface area (Å²) in [5, 5.41) is 3.14. The summed E-state index contributed by atoms with van der Waals surface area (Å²) in [6, 6.07) is 13.1. The largest absolute Gasteiger partial charge is 0.435 e. The van der Waals surface area contributed by atoms with Crippen LogP contribution < -0.4 is 15.8 Å². The molecule has 1 fully saturated rings. The van der Waals surface area contributed by atoms with Crippen LogP contribution in [-0.4, -0.2) is 36.4 Å². The molecule has 3 N–H and O–H groups in total. The third-order valence-electron chi connectivity index (χ3n) is 4.70. The van der Waals surface area contributed by atoms with Crippen LogP contribution in [0.25, 0.3) is 0 Å². The fourth-order valence-corrected chi connectivity index (χ4v) is 3.19. The number of carbonyl (C=O) groups excluding carboxylic acids is 2. The summed E-state index contributed by atoms with van der Waals surface area (Å²) in [7, 11) is 0. The molecule has 0 aliphatic carbocycles. The van der Waals surface area contributed by atoms with Crippen LogP contribution >= 0.6 is 0 Å². The van der Waals surface area contributed by atoms with E-state index in [-0.39, 0.29) is 23.5 Å². The fourth-order valence-electron chi connectivity index (χ4n) is 3.19. The van der Waals surface area contributed by atoms with Gasteiger partial charge in [0.1, 0.15) is 5.75 Å². The molecule has 2 aromatic carbocycles. The van der Waals surface area contributed by atoms with E-state index in [1.807, 2.05) is 0 Å². The maximum absolute atomic E-state index is 12.9. The third-order valence-corrected chi connectivity index (χ3v) is 4.70. The second kappa shape index (κ2) is 8.69. The van der Waals surface area contributed by atoms with E-state index in [0.717, 1.165) is 0 Å². The van der Waals surface area contributed by atoms with E-state index < -0.39 is 6.61 Å². The van der Waals surface area contributed by atoms with Crippen LogP contribution in [0, 0.1) is 5.92 Å². The molecule has 0 aromatic heterocycles. The number of carbonyl (C=O) groups is 2. The molecule has 0 saturated carbocycles. The van der Waals surface area contributed by atoms with Crippen LogP contribution in [0.1, 0.15) is 23.2 Å². The van der Waals surface area contributed by atoms with Crippen molar-refractivity contribution in [2.75, 3.05) is 18.4 Å². The highest BCUT2D eigenvalue weighted by molar-refractivity contribution is 6.00. The van der Waals surface area contributed by atoms with Crippen LogP contribution in [0.15, 0.2) is 48.5 Å². The number of para-hydroxylation sites is 1. The Bertz CT molecular complexity index is 835. The lowest BCUT2D eigenvalue weighted by Crippen LogP contribution is -2.41. The summed E-state index contributed by atoms with van der Waals surface area (Å²) in [5.74, 6) is -0.592. The number of halogens is 2. The van der Waals surface area contributed by atoms with Gasteiger partial charge in [0.05, 0.1) is 11.3 Å². The highest BCUT2D eigenvalue weighted by Crippen LogP contribution is 2.26. The van der Waals surface area contributed by atoms with Gasteiger partial charge < -0.3 is 20.7 Å². The average Bonchev–Trinajstić information content (AvgIpc) is 2.69. The number of anilines is 2. The number of nitrogens with zero attached hydrogens (tertiary/aromatic N) is 1. The van der Waals surface area contributed by atoms with Crippen LogP contribution in [0.2, 0.25) is 0 Å². The molecule has 1 heterocycles. The first-order valence-electron chi connectivity index (χ1n) is 8.93. The Morgan fingerprint density at radius 3 is 2.32 bits per heavy atom. The number of ether oxygens (including phenoxy) is 1. The number of rotatable bonds is 6. The first-order valence-corrected chi connectivity index (χ1v) is 8.93. The number of benzene rings is 2. The molecule has 8 heteroatoms. The third kappa shape index (κ3) is 4.76. The van der Waals surface area contributed by atoms with Gasteiger partial charge in [-0.3, -0.25) is 9.59 Å². The topological polar surface area (TPSA) is 84.7 Å². The molecule has 3 rings (SSSR count). The fraction of sp³-hybridized carbons (Fsp3) is 0.300. The second-order valence-corrected chi connectivity index (χ2v) is 6.54. The van der Waals surface area contributed by atoms with Crippen molar-refractivity contribution < 1.29 is 23.1 Å². The van der Waals surface area contributed by atoms with Crippen molar-refractivity contribution in [2.45, 2.75) is 19.5 Å². The molecular formula is C20H21F2N3O3. The Labute approximate surface area is 161 Å². The molecule has 2 aromatic rings. The summed E-state index contributed by atoms with van der Waals surface area (Å²) >= 11 is 0. The summed E-state index contributed by atoms with van der Waals surface area (Å²) in [4.78, 5) is 25.9. The summed E-state index contributed by atoms with van der Waals surface area (Å²) < 4.78 is 28.8. The maximum Gasteiger partial charge on any atom is 0.387 e. The SMILES string of the molecule is NC(=O)C1CCN(C(=O)c2ccccc2Nc2ccc(OC(F)F)cc2)CC1. The van der Waals surface area contributed by atoms with Gasteiger partial charge in [0, 0.05) is 24.7 Å². The van der Waals surface area contributed by atoms with E-state index in [9.17, 15) is 18.4 Å². The number of nitrogens with two attached hydrogens (primary N) is 1. The predicted molar refractivity (Wildman–Crippen MR) is 101 cm³/mol. The van der Waals surface area contributed by atoms with Gasteiger partial charge in [0.2, 0.25) is 5.91 Å². The number of piperidine rings is 1. The first kappa shape index (κ1) is 19.6. The average molecular weight is 389 g/mol. The Kier molecular flexibility index (Phi) is 6.08. The van der Waals surface area contributed by atoms with Gasteiger partial charge in [0.15, 0.2) is 0 Å². The zero-order chi connectivity index (χ0) is 20.1. The zero-order valence-corrected chi connectivity index (χ0v) is 15.1. The summed E-state index contributed by atoms with van der Waals surface area (Å²) in [5.41, 5.74) is 7.07. The van der Waals surface area contributed by atoms with Gasteiger partial charge in [0.25, 0.3) is 5.91 Å². The van der Waals surface area contributed by atoms with Gasteiger partial charge in [-0.1, -0.05) is 12.1 Å².